The maximum Gasteiger partial charge on any atom is 0.355 e. The number of nitrogens with one attached hydrogen (secondary N) is 2. The van der Waals surface area contributed by atoms with E-state index in [4.69, 9.17) is 25.8 Å². The summed E-state index contributed by atoms with van der Waals surface area (Å²) in [5.74, 6) is -0.933. The van der Waals surface area contributed by atoms with Gasteiger partial charge in [-0.15, -0.1) is 11.6 Å². The minimum absolute atomic E-state index is 0.126. The summed E-state index contributed by atoms with van der Waals surface area (Å²) < 4.78 is 16.0. The van der Waals surface area contributed by atoms with E-state index in [0.29, 0.717) is 42.1 Å². The molecule has 39 heavy (non-hydrogen) atoms. The number of hydrogen-bond donors (Lipinski definition) is 2. The van der Waals surface area contributed by atoms with E-state index in [1.165, 1.54) is 7.11 Å². The summed E-state index contributed by atoms with van der Waals surface area (Å²) in [5, 5.41) is 0. The first-order chi connectivity index (χ1) is 18.4. The molecule has 0 fully saturated rings. The first-order valence-electron chi connectivity index (χ1n) is 12.9. The van der Waals surface area contributed by atoms with E-state index < -0.39 is 17.5 Å². The molecule has 0 atom stereocenters. The van der Waals surface area contributed by atoms with Gasteiger partial charge in [0.1, 0.15) is 23.6 Å². The lowest BCUT2D eigenvalue weighted by Crippen LogP contribution is -2.24. The molecular weight excluding hydrogens is 520 g/mol. The average molecular weight is 557 g/mol. The molecule has 0 amide bonds. The number of alkyl halides is 1. The minimum atomic E-state index is -0.686. The number of benzene rings is 1. The largest absolute Gasteiger partial charge is 0.469 e. The van der Waals surface area contributed by atoms with E-state index in [9.17, 15) is 14.4 Å². The molecule has 0 saturated heterocycles. The molecule has 8 nitrogen and oxygen atoms in total. The molecule has 0 spiro atoms. The van der Waals surface area contributed by atoms with Crippen molar-refractivity contribution in [2.45, 2.75) is 72.5 Å². The Hall–Kier alpha value is -3.52. The number of ether oxygens (including phenoxy) is 3. The molecule has 0 saturated carbocycles. The molecule has 0 aliphatic carbocycles. The number of aromatic amines is 2. The van der Waals surface area contributed by atoms with Crippen LogP contribution >= 0.6 is 11.6 Å². The molecule has 3 aromatic rings. The smallest absolute Gasteiger partial charge is 0.355 e. The molecule has 210 valence electrons. The Labute approximate surface area is 234 Å². The highest BCUT2D eigenvalue weighted by molar-refractivity contribution is 6.18. The zero-order chi connectivity index (χ0) is 28.7. The summed E-state index contributed by atoms with van der Waals surface area (Å²) in [6.45, 7) is 9.34. The monoisotopic (exact) mass is 556 g/mol. The van der Waals surface area contributed by atoms with Crippen molar-refractivity contribution < 1.29 is 28.6 Å². The van der Waals surface area contributed by atoms with Crippen LogP contribution in [0.4, 0.5) is 0 Å². The number of carbonyl (C=O) groups is 3. The van der Waals surface area contributed by atoms with Crippen molar-refractivity contribution in [3.63, 3.8) is 0 Å². The van der Waals surface area contributed by atoms with Crippen molar-refractivity contribution >= 4 is 29.5 Å². The third kappa shape index (κ3) is 7.76. The molecule has 0 aliphatic rings. The van der Waals surface area contributed by atoms with E-state index in [2.05, 4.69) is 9.97 Å². The lowest BCUT2D eigenvalue weighted by Gasteiger charge is -2.19. The standard InChI is InChI=1S/C30H37ClN2O6/c1-18-22(12-13-25(34)37-6)27(29(36)39-30(3,4)5)32-23(18)16-24-21(14-15-31)19(2)26(33-24)28(35)38-17-20-10-8-7-9-11-20/h7-11,32-33H,12-17H2,1-6H3. The Bertz CT molecular complexity index is 1320. The van der Waals surface area contributed by atoms with Crippen LogP contribution in [-0.4, -0.2) is 46.5 Å². The summed E-state index contributed by atoms with van der Waals surface area (Å²) in [5.41, 5.74) is 5.74. The van der Waals surface area contributed by atoms with Crippen LogP contribution in [0.1, 0.15) is 87.4 Å². The van der Waals surface area contributed by atoms with Crippen LogP contribution < -0.4 is 0 Å². The number of hydrogen-bond acceptors (Lipinski definition) is 6. The number of halogens is 1. The van der Waals surface area contributed by atoms with Crippen LogP contribution in [0.5, 0.6) is 0 Å². The highest BCUT2D eigenvalue weighted by atomic mass is 35.5. The van der Waals surface area contributed by atoms with Crippen LogP contribution in [0.2, 0.25) is 0 Å². The lowest BCUT2D eigenvalue weighted by atomic mass is 10.0. The van der Waals surface area contributed by atoms with Gasteiger partial charge in [0.25, 0.3) is 0 Å². The van der Waals surface area contributed by atoms with Gasteiger partial charge >= 0.3 is 17.9 Å². The molecular formula is C30H37ClN2O6. The Morgan fingerprint density at radius 2 is 1.54 bits per heavy atom. The van der Waals surface area contributed by atoms with Gasteiger partial charge in [0.2, 0.25) is 0 Å². The molecule has 1 aromatic carbocycles. The number of rotatable bonds is 11. The first-order valence-corrected chi connectivity index (χ1v) is 13.5. The molecule has 2 heterocycles. The van der Waals surface area contributed by atoms with Crippen molar-refractivity contribution in [3.8, 4) is 0 Å². The second-order valence-electron chi connectivity index (χ2n) is 10.4. The van der Waals surface area contributed by atoms with Crippen molar-refractivity contribution in [1.29, 1.82) is 0 Å². The average Bonchev–Trinajstić information content (AvgIpc) is 3.37. The summed E-state index contributed by atoms with van der Waals surface area (Å²) in [7, 11) is 1.33. The maximum absolute atomic E-state index is 13.1. The van der Waals surface area contributed by atoms with Crippen LogP contribution in [0.3, 0.4) is 0 Å². The highest BCUT2D eigenvalue weighted by Gasteiger charge is 2.27. The molecule has 9 heteroatoms. The number of methoxy groups -OCH3 is 1. The topological polar surface area (TPSA) is 110 Å². The van der Waals surface area contributed by atoms with E-state index in [1.807, 2.05) is 44.2 Å². The Morgan fingerprint density at radius 3 is 2.15 bits per heavy atom. The third-order valence-electron chi connectivity index (χ3n) is 6.48. The number of H-pyrrole nitrogens is 2. The van der Waals surface area contributed by atoms with Crippen LogP contribution in [0, 0.1) is 13.8 Å². The predicted molar refractivity (Wildman–Crippen MR) is 149 cm³/mol. The van der Waals surface area contributed by atoms with Gasteiger partial charge in [-0.25, -0.2) is 9.59 Å². The number of aromatic nitrogens is 2. The molecule has 0 aliphatic heterocycles. The van der Waals surface area contributed by atoms with Gasteiger partial charge in [0, 0.05) is 30.1 Å². The van der Waals surface area contributed by atoms with Gasteiger partial charge < -0.3 is 24.2 Å². The van der Waals surface area contributed by atoms with Crippen LogP contribution in [0.15, 0.2) is 30.3 Å². The van der Waals surface area contributed by atoms with Gasteiger partial charge in [-0.3, -0.25) is 4.79 Å². The van der Waals surface area contributed by atoms with Gasteiger partial charge in [-0.05, 0) is 75.3 Å². The second-order valence-corrected chi connectivity index (χ2v) is 10.8. The Kier molecular flexibility index (Phi) is 10.0. The van der Waals surface area contributed by atoms with Crippen molar-refractivity contribution in [2.24, 2.45) is 0 Å². The van der Waals surface area contributed by atoms with Crippen LogP contribution in [0.25, 0.3) is 0 Å². The minimum Gasteiger partial charge on any atom is -0.469 e. The highest BCUT2D eigenvalue weighted by Crippen LogP contribution is 2.28. The van der Waals surface area contributed by atoms with Crippen molar-refractivity contribution in [3.05, 3.63) is 80.9 Å². The molecule has 0 unspecified atom stereocenters. The fourth-order valence-corrected chi connectivity index (χ4v) is 4.66. The summed E-state index contributed by atoms with van der Waals surface area (Å²) in [4.78, 5) is 44.4. The van der Waals surface area contributed by atoms with Gasteiger partial charge in [-0.2, -0.15) is 0 Å². The van der Waals surface area contributed by atoms with Gasteiger partial charge in [0.15, 0.2) is 0 Å². The van der Waals surface area contributed by atoms with Crippen LogP contribution in [-0.2, 0) is 44.9 Å². The van der Waals surface area contributed by atoms with E-state index in [1.54, 1.807) is 20.8 Å². The summed E-state index contributed by atoms with van der Waals surface area (Å²) in [6, 6.07) is 9.48. The maximum atomic E-state index is 13.1. The molecule has 3 rings (SSSR count). The quantitative estimate of drug-likeness (QED) is 0.177. The summed E-state index contributed by atoms with van der Waals surface area (Å²) in [6.07, 6.45) is 1.39. The molecule has 0 bridgehead atoms. The number of esters is 3. The second kappa shape index (κ2) is 13.0. The van der Waals surface area contributed by atoms with E-state index in [0.717, 1.165) is 33.6 Å². The van der Waals surface area contributed by atoms with Crippen molar-refractivity contribution in [2.75, 3.05) is 13.0 Å². The zero-order valence-corrected chi connectivity index (χ0v) is 24.2. The first kappa shape index (κ1) is 30.0. The molecule has 2 aromatic heterocycles. The fraction of sp³-hybridized carbons (Fsp3) is 0.433. The Balaban J connectivity index is 1.94. The van der Waals surface area contributed by atoms with E-state index in [-0.39, 0.29) is 19.0 Å². The van der Waals surface area contributed by atoms with Gasteiger partial charge in [0.05, 0.1) is 7.11 Å². The van der Waals surface area contributed by atoms with Gasteiger partial charge in [-0.1, -0.05) is 30.3 Å². The molecule has 0 radical (unpaired) electrons. The zero-order valence-electron chi connectivity index (χ0n) is 23.5. The van der Waals surface area contributed by atoms with Crippen molar-refractivity contribution in [1.82, 2.24) is 9.97 Å². The Morgan fingerprint density at radius 1 is 0.872 bits per heavy atom. The number of carbonyl (C=O) groups excluding carboxylic acids is 3. The SMILES string of the molecule is COC(=O)CCc1c(C(=O)OC(C)(C)C)[nH]c(Cc2[nH]c(C(=O)OCc3ccccc3)c(C)c2CCCl)c1C. The predicted octanol–water partition coefficient (Wildman–Crippen LogP) is 5.75. The summed E-state index contributed by atoms with van der Waals surface area (Å²) >= 11 is 6.12. The third-order valence-corrected chi connectivity index (χ3v) is 6.66. The lowest BCUT2D eigenvalue weighted by molar-refractivity contribution is -0.140. The fourth-order valence-electron chi connectivity index (χ4n) is 4.47. The van der Waals surface area contributed by atoms with E-state index >= 15 is 0 Å². The molecule has 2 N–H and O–H groups in total. The normalized spacial score (nSPS) is 11.4.